The Morgan fingerprint density at radius 2 is 2.40 bits per heavy atom. The number of aromatic nitrogens is 1. The number of pyridine rings is 1. The molecule has 1 aliphatic carbocycles. The fraction of sp³-hybridized carbons (Fsp3) is 0.400. The molecule has 1 fully saturated rings. The Morgan fingerprint density at radius 1 is 1.67 bits per heavy atom. The molecule has 0 aromatic carbocycles. The highest BCUT2D eigenvalue weighted by Crippen LogP contribution is 2.26. The van der Waals surface area contributed by atoms with Gasteiger partial charge in [0.25, 0.3) is 5.91 Å². The number of amides is 1. The van der Waals surface area contributed by atoms with E-state index in [9.17, 15) is 9.18 Å². The number of ether oxygens (including phenoxy) is 1. The maximum absolute atomic E-state index is 13.1. The second-order valence-corrected chi connectivity index (χ2v) is 3.41. The lowest BCUT2D eigenvalue weighted by molar-refractivity contribution is 0.0957. The molecular weight excluding hydrogens is 199 g/mol. The number of nitrogens with one attached hydrogen (secondary N) is 1. The Balaban J connectivity index is 2.22. The zero-order chi connectivity index (χ0) is 10.8. The SMILES string of the molecule is CNC(=O)c1cc(OC2CC2)cnc1F. The molecule has 15 heavy (non-hydrogen) atoms. The van der Waals surface area contributed by atoms with Crippen LogP contribution in [0.4, 0.5) is 4.39 Å². The number of carbonyl (C=O) groups is 1. The first kappa shape index (κ1) is 9.89. The van der Waals surface area contributed by atoms with Crippen LogP contribution in [0.15, 0.2) is 12.3 Å². The number of nitrogens with zero attached hydrogens (tertiary/aromatic N) is 1. The summed E-state index contributed by atoms with van der Waals surface area (Å²) in [6, 6.07) is 1.37. The van der Waals surface area contributed by atoms with Crippen LogP contribution in [0.1, 0.15) is 23.2 Å². The largest absolute Gasteiger partial charge is 0.489 e. The smallest absolute Gasteiger partial charge is 0.255 e. The van der Waals surface area contributed by atoms with Gasteiger partial charge in [0.2, 0.25) is 5.95 Å². The van der Waals surface area contributed by atoms with Crippen LogP contribution in [-0.4, -0.2) is 24.0 Å². The molecule has 1 aromatic rings. The van der Waals surface area contributed by atoms with E-state index in [-0.39, 0.29) is 11.7 Å². The van der Waals surface area contributed by atoms with Gasteiger partial charge in [0.1, 0.15) is 5.75 Å². The summed E-state index contributed by atoms with van der Waals surface area (Å²) >= 11 is 0. The molecule has 0 saturated heterocycles. The molecule has 0 atom stereocenters. The minimum absolute atomic E-state index is 0.0874. The lowest BCUT2D eigenvalue weighted by Gasteiger charge is -2.06. The third-order valence-electron chi connectivity index (χ3n) is 2.11. The summed E-state index contributed by atoms with van der Waals surface area (Å²) in [5.74, 6) is -0.837. The first-order valence-electron chi connectivity index (χ1n) is 4.75. The van der Waals surface area contributed by atoms with E-state index < -0.39 is 11.9 Å². The zero-order valence-corrected chi connectivity index (χ0v) is 8.29. The number of halogens is 1. The Labute approximate surface area is 86.5 Å². The highest BCUT2D eigenvalue weighted by atomic mass is 19.1. The van der Waals surface area contributed by atoms with Crippen LogP contribution in [0.25, 0.3) is 0 Å². The minimum atomic E-state index is -0.780. The second kappa shape index (κ2) is 3.84. The van der Waals surface area contributed by atoms with E-state index in [0.29, 0.717) is 5.75 Å². The van der Waals surface area contributed by atoms with Crippen molar-refractivity contribution in [3.63, 3.8) is 0 Å². The molecule has 0 bridgehead atoms. The van der Waals surface area contributed by atoms with Gasteiger partial charge in [-0.15, -0.1) is 0 Å². The van der Waals surface area contributed by atoms with Crippen LogP contribution in [-0.2, 0) is 0 Å². The van der Waals surface area contributed by atoms with Gasteiger partial charge < -0.3 is 10.1 Å². The Hall–Kier alpha value is -1.65. The van der Waals surface area contributed by atoms with E-state index in [4.69, 9.17) is 4.74 Å². The predicted octanol–water partition coefficient (Wildman–Crippen LogP) is 1.12. The molecule has 1 saturated carbocycles. The maximum Gasteiger partial charge on any atom is 0.255 e. The van der Waals surface area contributed by atoms with Gasteiger partial charge in [0, 0.05) is 7.05 Å². The van der Waals surface area contributed by atoms with Crippen molar-refractivity contribution in [2.24, 2.45) is 0 Å². The zero-order valence-electron chi connectivity index (χ0n) is 8.29. The first-order valence-corrected chi connectivity index (χ1v) is 4.75. The molecule has 0 unspecified atom stereocenters. The molecule has 1 heterocycles. The van der Waals surface area contributed by atoms with Crippen LogP contribution >= 0.6 is 0 Å². The van der Waals surface area contributed by atoms with Crippen LogP contribution < -0.4 is 10.1 Å². The summed E-state index contributed by atoms with van der Waals surface area (Å²) in [4.78, 5) is 14.7. The monoisotopic (exact) mass is 210 g/mol. The molecule has 80 valence electrons. The Morgan fingerprint density at radius 3 is 3.00 bits per heavy atom. The van der Waals surface area contributed by atoms with Crippen molar-refractivity contribution in [1.29, 1.82) is 0 Å². The van der Waals surface area contributed by atoms with Crippen LogP contribution in [0, 0.1) is 5.95 Å². The summed E-state index contributed by atoms with van der Waals surface area (Å²) in [5.41, 5.74) is -0.0874. The van der Waals surface area contributed by atoms with Crippen molar-refractivity contribution in [3.8, 4) is 5.75 Å². The van der Waals surface area contributed by atoms with Gasteiger partial charge in [-0.1, -0.05) is 0 Å². The van der Waals surface area contributed by atoms with Crippen LogP contribution in [0.3, 0.4) is 0 Å². The third kappa shape index (κ3) is 2.23. The Bertz CT molecular complexity index is 391. The van der Waals surface area contributed by atoms with Crippen molar-refractivity contribution in [2.75, 3.05) is 7.05 Å². The average Bonchev–Trinajstić information content (AvgIpc) is 3.04. The minimum Gasteiger partial charge on any atom is -0.489 e. The van der Waals surface area contributed by atoms with Crippen molar-refractivity contribution < 1.29 is 13.9 Å². The van der Waals surface area contributed by atoms with Crippen molar-refractivity contribution >= 4 is 5.91 Å². The predicted molar refractivity (Wildman–Crippen MR) is 51.2 cm³/mol. The standard InChI is InChI=1S/C10H11FN2O2/c1-12-10(14)8-4-7(5-13-9(8)11)15-6-2-3-6/h4-6H,2-3H2,1H3,(H,12,14). The molecule has 1 aromatic heterocycles. The van der Waals surface area contributed by atoms with E-state index in [1.165, 1.54) is 19.3 Å². The van der Waals surface area contributed by atoms with Gasteiger partial charge >= 0.3 is 0 Å². The average molecular weight is 210 g/mol. The van der Waals surface area contributed by atoms with Crippen molar-refractivity contribution in [3.05, 3.63) is 23.8 Å². The van der Waals surface area contributed by atoms with Gasteiger partial charge in [0.15, 0.2) is 0 Å². The maximum atomic E-state index is 13.1. The second-order valence-electron chi connectivity index (χ2n) is 3.41. The quantitative estimate of drug-likeness (QED) is 0.760. The number of rotatable bonds is 3. The molecule has 1 N–H and O–H groups in total. The van der Waals surface area contributed by atoms with Gasteiger partial charge in [-0.25, -0.2) is 4.98 Å². The number of hydrogen-bond acceptors (Lipinski definition) is 3. The molecule has 0 radical (unpaired) electrons. The molecule has 2 rings (SSSR count). The molecule has 0 aliphatic heterocycles. The molecule has 1 amide bonds. The van der Waals surface area contributed by atoms with E-state index in [1.54, 1.807) is 0 Å². The molecular formula is C10H11FN2O2. The molecule has 1 aliphatic rings. The summed E-state index contributed by atoms with van der Waals surface area (Å²) in [7, 11) is 1.44. The highest BCUT2D eigenvalue weighted by molar-refractivity contribution is 5.94. The normalized spacial score (nSPS) is 14.8. The summed E-state index contributed by atoms with van der Waals surface area (Å²) in [6.45, 7) is 0. The van der Waals surface area contributed by atoms with Gasteiger partial charge in [-0.3, -0.25) is 4.79 Å². The van der Waals surface area contributed by atoms with Crippen LogP contribution in [0.5, 0.6) is 5.75 Å². The molecule has 4 nitrogen and oxygen atoms in total. The summed E-state index contributed by atoms with van der Waals surface area (Å²) in [6.07, 6.45) is 3.51. The van der Waals surface area contributed by atoms with Crippen LogP contribution in [0.2, 0.25) is 0 Å². The topological polar surface area (TPSA) is 51.2 Å². The lowest BCUT2D eigenvalue weighted by Crippen LogP contribution is -2.20. The molecule has 0 spiro atoms. The molecule has 5 heteroatoms. The Kier molecular flexibility index (Phi) is 2.53. The lowest BCUT2D eigenvalue weighted by atomic mass is 10.2. The van der Waals surface area contributed by atoms with Crippen molar-refractivity contribution in [1.82, 2.24) is 10.3 Å². The summed E-state index contributed by atoms with van der Waals surface area (Å²) < 4.78 is 18.5. The first-order chi connectivity index (χ1) is 7.20. The van der Waals surface area contributed by atoms with Gasteiger partial charge in [-0.05, 0) is 18.9 Å². The van der Waals surface area contributed by atoms with E-state index in [0.717, 1.165) is 12.8 Å². The highest BCUT2D eigenvalue weighted by Gasteiger charge is 2.24. The third-order valence-corrected chi connectivity index (χ3v) is 2.11. The van der Waals surface area contributed by atoms with E-state index in [1.807, 2.05) is 0 Å². The van der Waals surface area contributed by atoms with E-state index in [2.05, 4.69) is 10.3 Å². The van der Waals surface area contributed by atoms with Crippen molar-refractivity contribution in [2.45, 2.75) is 18.9 Å². The fourth-order valence-electron chi connectivity index (χ4n) is 1.17. The number of hydrogen-bond donors (Lipinski definition) is 1. The summed E-state index contributed by atoms with van der Waals surface area (Å²) in [5, 5.41) is 2.34. The van der Waals surface area contributed by atoms with Gasteiger partial charge in [0.05, 0.1) is 17.9 Å². The van der Waals surface area contributed by atoms with E-state index >= 15 is 0 Å². The number of carbonyl (C=O) groups excluding carboxylic acids is 1. The van der Waals surface area contributed by atoms with Gasteiger partial charge in [-0.2, -0.15) is 4.39 Å². The fourth-order valence-corrected chi connectivity index (χ4v) is 1.17.